The number of ether oxygens (including phenoxy) is 2. The van der Waals surface area contributed by atoms with Crippen LogP contribution in [0.5, 0.6) is 17.2 Å². The predicted molar refractivity (Wildman–Crippen MR) is 169 cm³/mol. The van der Waals surface area contributed by atoms with E-state index in [4.69, 9.17) is 9.47 Å². The number of aromatic hydroxyl groups is 1. The fraction of sp³-hybridized carbons (Fsp3) is 0.472. The Labute approximate surface area is 250 Å². The molecule has 2 aliphatic rings. The quantitative estimate of drug-likeness (QED) is 0.268. The molecule has 1 saturated carbocycles. The van der Waals surface area contributed by atoms with Crippen LogP contribution >= 0.6 is 0 Å². The molecule has 0 atom stereocenters. The van der Waals surface area contributed by atoms with Gasteiger partial charge in [-0.25, -0.2) is 4.79 Å². The van der Waals surface area contributed by atoms with E-state index in [1.807, 2.05) is 24.3 Å². The second kappa shape index (κ2) is 11.5. The van der Waals surface area contributed by atoms with Gasteiger partial charge in [0.25, 0.3) is 0 Å². The zero-order valence-corrected chi connectivity index (χ0v) is 26.0. The lowest BCUT2D eigenvalue weighted by molar-refractivity contribution is 0.174. The molecule has 3 aromatic carbocycles. The van der Waals surface area contributed by atoms with Gasteiger partial charge in [-0.1, -0.05) is 90.8 Å². The third-order valence-electron chi connectivity index (χ3n) is 8.87. The minimum Gasteiger partial charge on any atom is -0.507 e. The van der Waals surface area contributed by atoms with Crippen LogP contribution in [0.15, 0.2) is 54.6 Å². The van der Waals surface area contributed by atoms with Crippen LogP contribution < -0.4 is 20.1 Å². The van der Waals surface area contributed by atoms with Crippen molar-refractivity contribution in [2.75, 3.05) is 18.7 Å². The summed E-state index contributed by atoms with van der Waals surface area (Å²) in [5.74, 6) is 1.97. The third-order valence-corrected chi connectivity index (χ3v) is 8.87. The minimum atomic E-state index is -0.191. The molecular formula is C36H46N2O4. The van der Waals surface area contributed by atoms with Gasteiger partial charge in [-0.15, -0.1) is 0 Å². The number of amides is 2. The second-order valence-corrected chi connectivity index (χ2v) is 14.1. The van der Waals surface area contributed by atoms with E-state index in [1.54, 1.807) is 0 Å². The smallest absolute Gasteiger partial charge is 0.319 e. The van der Waals surface area contributed by atoms with Crippen LogP contribution in [0.4, 0.5) is 10.5 Å². The van der Waals surface area contributed by atoms with E-state index in [9.17, 15) is 9.90 Å². The van der Waals surface area contributed by atoms with E-state index < -0.39 is 0 Å². The van der Waals surface area contributed by atoms with Crippen LogP contribution in [-0.2, 0) is 29.1 Å². The van der Waals surface area contributed by atoms with E-state index in [0.717, 1.165) is 72.4 Å². The molecule has 0 radical (unpaired) electrons. The molecule has 5 rings (SSSR count). The second-order valence-electron chi connectivity index (χ2n) is 14.1. The van der Waals surface area contributed by atoms with Crippen molar-refractivity contribution in [3.05, 3.63) is 82.4 Å². The lowest BCUT2D eigenvalue weighted by atomic mass is 9.78. The Balaban J connectivity index is 1.28. The largest absolute Gasteiger partial charge is 0.507 e. The molecule has 0 bridgehead atoms. The fourth-order valence-electron chi connectivity index (χ4n) is 6.38. The normalized spacial score (nSPS) is 16.0. The number of urea groups is 1. The predicted octanol–water partition coefficient (Wildman–Crippen LogP) is 8.13. The summed E-state index contributed by atoms with van der Waals surface area (Å²) in [6.45, 7) is 13.7. The Morgan fingerprint density at radius 2 is 1.50 bits per heavy atom. The number of carbonyl (C=O) groups excluding carboxylic acids is 1. The summed E-state index contributed by atoms with van der Waals surface area (Å²) >= 11 is 0. The summed E-state index contributed by atoms with van der Waals surface area (Å²) in [7, 11) is 0. The van der Waals surface area contributed by atoms with E-state index in [2.05, 4.69) is 82.5 Å². The lowest BCUT2D eigenvalue weighted by Crippen LogP contribution is -2.41. The molecule has 6 nitrogen and oxygen atoms in total. The molecule has 42 heavy (non-hydrogen) atoms. The maximum atomic E-state index is 13.2. The number of para-hydroxylation sites is 1. The first kappa shape index (κ1) is 29.8. The first-order chi connectivity index (χ1) is 19.9. The van der Waals surface area contributed by atoms with Crippen molar-refractivity contribution >= 4 is 11.7 Å². The van der Waals surface area contributed by atoms with E-state index in [1.165, 1.54) is 11.1 Å². The zero-order valence-electron chi connectivity index (χ0n) is 26.0. The van der Waals surface area contributed by atoms with Crippen molar-refractivity contribution in [3.63, 3.8) is 0 Å². The summed E-state index contributed by atoms with van der Waals surface area (Å²) in [6, 6.07) is 18.3. The molecule has 224 valence electrons. The maximum absolute atomic E-state index is 13.2. The highest BCUT2D eigenvalue weighted by Crippen LogP contribution is 2.44. The van der Waals surface area contributed by atoms with Crippen LogP contribution in [0, 0.1) is 0 Å². The lowest BCUT2D eigenvalue weighted by Gasteiger charge is -2.30. The SMILES string of the molecule is CC(C)(C)c1cc(CCc2ccccc2NC(=O)NCC2(c3ccc4c(c3)OCO4)CCCC2)cc(C(C)(C)C)c1O. The number of hydrogen-bond acceptors (Lipinski definition) is 4. The Bertz CT molecular complexity index is 1410. The Morgan fingerprint density at radius 1 is 0.857 bits per heavy atom. The summed E-state index contributed by atoms with van der Waals surface area (Å²) in [5.41, 5.74) is 5.79. The van der Waals surface area contributed by atoms with Gasteiger partial charge in [0.2, 0.25) is 6.79 Å². The molecule has 0 saturated heterocycles. The third kappa shape index (κ3) is 6.38. The van der Waals surface area contributed by atoms with Gasteiger partial charge >= 0.3 is 6.03 Å². The topological polar surface area (TPSA) is 79.8 Å². The van der Waals surface area contributed by atoms with Crippen LogP contribution in [0.25, 0.3) is 0 Å². The van der Waals surface area contributed by atoms with Crippen molar-refractivity contribution in [2.24, 2.45) is 0 Å². The number of aryl methyl sites for hydroxylation is 2. The molecule has 6 heteroatoms. The highest BCUT2D eigenvalue weighted by Gasteiger charge is 2.37. The van der Waals surface area contributed by atoms with Gasteiger partial charge in [-0.3, -0.25) is 0 Å². The Hall–Kier alpha value is -3.67. The van der Waals surface area contributed by atoms with E-state index in [0.29, 0.717) is 12.3 Å². The average Bonchev–Trinajstić information content (AvgIpc) is 3.61. The van der Waals surface area contributed by atoms with Crippen molar-refractivity contribution < 1.29 is 19.4 Å². The Kier molecular flexibility index (Phi) is 8.19. The van der Waals surface area contributed by atoms with Gasteiger partial charge in [-0.2, -0.15) is 0 Å². The molecule has 1 fully saturated rings. The number of nitrogens with one attached hydrogen (secondary N) is 2. The number of hydrogen-bond donors (Lipinski definition) is 3. The first-order valence-corrected chi connectivity index (χ1v) is 15.3. The summed E-state index contributed by atoms with van der Waals surface area (Å²) in [5, 5.41) is 17.4. The molecule has 3 aromatic rings. The maximum Gasteiger partial charge on any atom is 0.319 e. The van der Waals surface area contributed by atoms with Gasteiger partial charge in [0.15, 0.2) is 11.5 Å². The number of phenolic OH excluding ortho intramolecular Hbond substituents is 1. The van der Waals surface area contributed by atoms with Crippen molar-refractivity contribution in [3.8, 4) is 17.2 Å². The van der Waals surface area contributed by atoms with Gasteiger partial charge < -0.3 is 25.2 Å². The number of carbonyl (C=O) groups is 1. The zero-order chi connectivity index (χ0) is 30.1. The van der Waals surface area contributed by atoms with Crippen molar-refractivity contribution in [1.29, 1.82) is 0 Å². The number of phenols is 1. The van der Waals surface area contributed by atoms with Gasteiger partial charge in [0.1, 0.15) is 5.75 Å². The molecule has 3 N–H and O–H groups in total. The van der Waals surface area contributed by atoms with Gasteiger partial charge in [0.05, 0.1) is 0 Å². The van der Waals surface area contributed by atoms with Crippen molar-refractivity contribution in [2.45, 2.75) is 96.3 Å². The number of benzene rings is 3. The van der Waals surface area contributed by atoms with E-state index in [-0.39, 0.29) is 29.1 Å². The highest BCUT2D eigenvalue weighted by atomic mass is 16.7. The average molecular weight is 571 g/mol. The fourth-order valence-corrected chi connectivity index (χ4v) is 6.38. The Morgan fingerprint density at radius 3 is 2.17 bits per heavy atom. The first-order valence-electron chi connectivity index (χ1n) is 15.3. The van der Waals surface area contributed by atoms with E-state index >= 15 is 0 Å². The van der Waals surface area contributed by atoms with Crippen LogP contribution in [0.3, 0.4) is 0 Å². The monoisotopic (exact) mass is 570 g/mol. The molecule has 1 aliphatic carbocycles. The highest BCUT2D eigenvalue weighted by molar-refractivity contribution is 5.90. The molecule has 0 unspecified atom stereocenters. The molecule has 1 heterocycles. The minimum absolute atomic E-state index is 0.105. The summed E-state index contributed by atoms with van der Waals surface area (Å²) in [6.07, 6.45) is 5.93. The molecule has 1 aliphatic heterocycles. The molecule has 2 amide bonds. The van der Waals surface area contributed by atoms with Crippen LogP contribution in [0.1, 0.15) is 95.0 Å². The molecular weight excluding hydrogens is 524 g/mol. The van der Waals surface area contributed by atoms with Gasteiger partial charge in [-0.05, 0) is 82.5 Å². The standard InChI is InChI=1S/C36H46N2O4/c1-34(2,3)27-19-24(20-28(32(27)39)35(4,5)6)13-14-25-11-7-8-12-29(25)38-33(40)37-22-36(17-9-10-18-36)26-15-16-30-31(21-26)42-23-41-30/h7-8,11-12,15-16,19-21,39H,9-10,13-14,17-18,22-23H2,1-6H3,(H2,37,38,40). The summed E-state index contributed by atoms with van der Waals surface area (Å²) in [4.78, 5) is 13.2. The van der Waals surface area contributed by atoms with Gasteiger partial charge in [0, 0.05) is 17.6 Å². The number of rotatable bonds is 7. The molecule has 0 aromatic heterocycles. The summed E-state index contributed by atoms with van der Waals surface area (Å²) < 4.78 is 11.1. The van der Waals surface area contributed by atoms with Crippen LogP contribution in [-0.4, -0.2) is 24.5 Å². The number of fused-ring (bicyclic) bond motifs is 1. The van der Waals surface area contributed by atoms with Crippen molar-refractivity contribution in [1.82, 2.24) is 5.32 Å². The number of anilines is 1. The van der Waals surface area contributed by atoms with Crippen LogP contribution in [0.2, 0.25) is 0 Å². The molecule has 0 spiro atoms.